The molecule has 7 heteroatoms. The van der Waals surface area contributed by atoms with Crippen molar-refractivity contribution < 1.29 is 4.74 Å². The average Bonchev–Trinajstić information content (AvgIpc) is 2.80. The van der Waals surface area contributed by atoms with Crippen LogP contribution in [0.15, 0.2) is 12.4 Å². The molecule has 1 aliphatic heterocycles. The lowest BCUT2D eigenvalue weighted by atomic mass is 10.2. The summed E-state index contributed by atoms with van der Waals surface area (Å²) in [4.78, 5) is 11.1. The van der Waals surface area contributed by atoms with Gasteiger partial charge in [-0.1, -0.05) is 0 Å². The van der Waals surface area contributed by atoms with Crippen LogP contribution in [0.25, 0.3) is 5.78 Å². The SMILES string of the molecule is COCc1cc(N2CCSCCC2C)n2ncnc2n1. The number of thioether (sulfide) groups is 1. The second-order valence-corrected chi connectivity index (χ2v) is 6.18. The van der Waals surface area contributed by atoms with Gasteiger partial charge in [0.1, 0.15) is 12.1 Å². The number of ether oxygens (including phenoxy) is 1. The maximum atomic E-state index is 5.20. The van der Waals surface area contributed by atoms with Crippen LogP contribution in [0.5, 0.6) is 0 Å². The fourth-order valence-electron chi connectivity index (χ4n) is 2.51. The summed E-state index contributed by atoms with van der Waals surface area (Å²) in [7, 11) is 1.68. The van der Waals surface area contributed by atoms with Crippen LogP contribution in [-0.2, 0) is 11.3 Å². The first-order valence-corrected chi connectivity index (χ1v) is 7.98. The van der Waals surface area contributed by atoms with Gasteiger partial charge in [0.2, 0.25) is 0 Å². The Morgan fingerprint density at radius 2 is 2.35 bits per heavy atom. The molecule has 3 rings (SSSR count). The van der Waals surface area contributed by atoms with Crippen molar-refractivity contribution in [2.45, 2.75) is 26.0 Å². The Bertz CT molecular complexity index is 587. The molecule has 0 bridgehead atoms. The van der Waals surface area contributed by atoms with Crippen molar-refractivity contribution in [3.63, 3.8) is 0 Å². The number of fused-ring (bicyclic) bond motifs is 1. The van der Waals surface area contributed by atoms with E-state index in [1.807, 2.05) is 16.3 Å². The van der Waals surface area contributed by atoms with Gasteiger partial charge >= 0.3 is 0 Å². The average molecular weight is 293 g/mol. The Morgan fingerprint density at radius 1 is 1.45 bits per heavy atom. The molecule has 6 nitrogen and oxygen atoms in total. The first kappa shape index (κ1) is 13.6. The highest BCUT2D eigenvalue weighted by molar-refractivity contribution is 7.99. The molecule has 0 N–H and O–H groups in total. The molecule has 2 aromatic rings. The van der Waals surface area contributed by atoms with E-state index < -0.39 is 0 Å². The predicted octanol–water partition coefficient (Wildman–Crippen LogP) is 1.60. The minimum atomic E-state index is 0.493. The predicted molar refractivity (Wildman–Crippen MR) is 80.2 cm³/mol. The van der Waals surface area contributed by atoms with Crippen molar-refractivity contribution in [1.29, 1.82) is 0 Å². The van der Waals surface area contributed by atoms with Crippen LogP contribution in [0.2, 0.25) is 0 Å². The van der Waals surface area contributed by atoms with E-state index in [1.165, 1.54) is 12.2 Å². The van der Waals surface area contributed by atoms with Crippen molar-refractivity contribution in [3.8, 4) is 0 Å². The van der Waals surface area contributed by atoms with Crippen LogP contribution in [0.1, 0.15) is 19.0 Å². The van der Waals surface area contributed by atoms with Gasteiger partial charge in [-0.05, 0) is 19.1 Å². The van der Waals surface area contributed by atoms with E-state index in [4.69, 9.17) is 4.74 Å². The Morgan fingerprint density at radius 3 is 3.20 bits per heavy atom. The van der Waals surface area contributed by atoms with Crippen LogP contribution >= 0.6 is 11.8 Å². The molecule has 0 aromatic carbocycles. The Hall–Kier alpha value is -1.34. The summed E-state index contributed by atoms with van der Waals surface area (Å²) in [6.07, 6.45) is 2.74. The van der Waals surface area contributed by atoms with Gasteiger partial charge in [0, 0.05) is 31.5 Å². The standard InChI is InChI=1S/C13H19N5OS/c1-10-3-5-20-6-4-17(10)12-7-11(8-19-2)16-13-14-9-15-18(12)13/h7,9-10H,3-6,8H2,1-2H3. The number of hydrogen-bond donors (Lipinski definition) is 0. The van der Waals surface area contributed by atoms with E-state index in [-0.39, 0.29) is 0 Å². The summed E-state index contributed by atoms with van der Waals surface area (Å²) >= 11 is 2.01. The van der Waals surface area contributed by atoms with Gasteiger partial charge in [-0.15, -0.1) is 0 Å². The van der Waals surface area contributed by atoms with Crippen molar-refractivity contribution in [1.82, 2.24) is 19.6 Å². The first-order chi connectivity index (χ1) is 9.79. The van der Waals surface area contributed by atoms with E-state index in [9.17, 15) is 0 Å². The number of aromatic nitrogens is 4. The van der Waals surface area contributed by atoms with Crippen LogP contribution in [-0.4, -0.2) is 50.8 Å². The van der Waals surface area contributed by atoms with E-state index >= 15 is 0 Å². The Labute approximate surface area is 122 Å². The number of rotatable bonds is 3. The van der Waals surface area contributed by atoms with Crippen molar-refractivity contribution >= 4 is 23.4 Å². The third kappa shape index (κ3) is 2.60. The first-order valence-electron chi connectivity index (χ1n) is 6.82. The molecular formula is C13H19N5OS. The van der Waals surface area contributed by atoms with E-state index in [1.54, 1.807) is 13.4 Å². The van der Waals surface area contributed by atoms with E-state index in [0.717, 1.165) is 23.8 Å². The summed E-state index contributed by atoms with van der Waals surface area (Å²) in [5.74, 6) is 4.06. The minimum Gasteiger partial charge on any atom is -0.378 e. The third-order valence-corrected chi connectivity index (χ3v) is 4.56. The maximum Gasteiger partial charge on any atom is 0.254 e. The summed E-state index contributed by atoms with van der Waals surface area (Å²) < 4.78 is 7.03. The summed E-state index contributed by atoms with van der Waals surface area (Å²) in [6, 6.07) is 2.56. The number of methoxy groups -OCH3 is 1. The molecular weight excluding hydrogens is 274 g/mol. The Balaban J connectivity index is 2.05. The van der Waals surface area contributed by atoms with Crippen molar-refractivity contribution in [2.75, 3.05) is 30.1 Å². The van der Waals surface area contributed by atoms with Gasteiger partial charge in [-0.25, -0.2) is 4.98 Å². The lowest BCUT2D eigenvalue weighted by Crippen LogP contribution is -2.35. The number of anilines is 1. The van der Waals surface area contributed by atoms with Crippen LogP contribution < -0.4 is 4.90 Å². The fraction of sp³-hybridized carbons (Fsp3) is 0.615. The van der Waals surface area contributed by atoms with Crippen LogP contribution in [0.4, 0.5) is 5.82 Å². The van der Waals surface area contributed by atoms with Crippen LogP contribution in [0, 0.1) is 0 Å². The van der Waals surface area contributed by atoms with Crippen molar-refractivity contribution in [3.05, 3.63) is 18.1 Å². The van der Waals surface area contributed by atoms with E-state index in [2.05, 4.69) is 33.0 Å². The maximum absolute atomic E-state index is 5.20. The van der Waals surface area contributed by atoms with Gasteiger partial charge in [-0.3, -0.25) is 0 Å². The third-order valence-electron chi connectivity index (χ3n) is 3.56. The fourth-order valence-corrected chi connectivity index (χ4v) is 3.54. The topological polar surface area (TPSA) is 55.6 Å². The zero-order chi connectivity index (χ0) is 13.9. The Kier molecular flexibility index (Phi) is 4.07. The molecule has 0 amide bonds. The molecule has 1 fully saturated rings. The zero-order valence-electron chi connectivity index (χ0n) is 11.8. The lowest BCUT2D eigenvalue weighted by molar-refractivity contribution is 0.181. The number of hydrogen-bond acceptors (Lipinski definition) is 6. The molecule has 2 aromatic heterocycles. The molecule has 3 heterocycles. The van der Waals surface area contributed by atoms with Gasteiger partial charge in [0.15, 0.2) is 0 Å². The normalized spacial score (nSPS) is 20.3. The molecule has 0 aliphatic carbocycles. The molecule has 1 saturated heterocycles. The number of nitrogens with zero attached hydrogens (tertiary/aromatic N) is 5. The highest BCUT2D eigenvalue weighted by Gasteiger charge is 2.21. The summed E-state index contributed by atoms with van der Waals surface area (Å²) in [5, 5.41) is 4.31. The molecule has 0 radical (unpaired) electrons. The minimum absolute atomic E-state index is 0.493. The quantitative estimate of drug-likeness (QED) is 0.857. The molecule has 1 unspecified atom stereocenters. The largest absolute Gasteiger partial charge is 0.378 e. The molecule has 1 aliphatic rings. The van der Waals surface area contributed by atoms with Gasteiger partial charge in [0.25, 0.3) is 5.78 Å². The van der Waals surface area contributed by atoms with Gasteiger partial charge in [0.05, 0.1) is 12.3 Å². The molecule has 108 valence electrons. The lowest BCUT2D eigenvalue weighted by Gasteiger charge is -2.29. The van der Waals surface area contributed by atoms with Gasteiger partial charge < -0.3 is 9.64 Å². The molecule has 1 atom stereocenters. The molecule has 0 spiro atoms. The summed E-state index contributed by atoms with van der Waals surface area (Å²) in [6.45, 7) is 3.79. The zero-order valence-corrected chi connectivity index (χ0v) is 12.6. The molecule has 20 heavy (non-hydrogen) atoms. The van der Waals surface area contributed by atoms with Gasteiger partial charge in [-0.2, -0.15) is 26.4 Å². The summed E-state index contributed by atoms with van der Waals surface area (Å²) in [5.41, 5.74) is 0.895. The smallest absolute Gasteiger partial charge is 0.254 e. The second-order valence-electron chi connectivity index (χ2n) is 4.95. The second kappa shape index (κ2) is 5.97. The van der Waals surface area contributed by atoms with Crippen LogP contribution in [0.3, 0.4) is 0 Å². The highest BCUT2D eigenvalue weighted by atomic mass is 32.2. The van der Waals surface area contributed by atoms with Crippen molar-refractivity contribution in [2.24, 2.45) is 0 Å². The molecule has 0 saturated carbocycles. The monoisotopic (exact) mass is 293 g/mol. The van der Waals surface area contributed by atoms with E-state index in [0.29, 0.717) is 18.4 Å². The highest BCUT2D eigenvalue weighted by Crippen LogP contribution is 2.24.